The number of piperidine rings is 1. The van der Waals surface area contributed by atoms with E-state index in [2.05, 4.69) is 4.90 Å². The molecule has 0 saturated carbocycles. The maximum Gasteiger partial charge on any atom is 0.416 e. The Hall–Kier alpha value is -0.780. The van der Waals surface area contributed by atoms with E-state index in [1.807, 2.05) is 7.05 Å². The quantitative estimate of drug-likeness (QED) is 0.910. The van der Waals surface area contributed by atoms with Crippen LogP contribution in [0.3, 0.4) is 0 Å². The summed E-state index contributed by atoms with van der Waals surface area (Å²) >= 11 is 0. The van der Waals surface area contributed by atoms with Crippen molar-refractivity contribution in [3.8, 4) is 0 Å². The largest absolute Gasteiger partial charge is 0.416 e. The van der Waals surface area contributed by atoms with Gasteiger partial charge in [0.25, 0.3) is 0 Å². The van der Waals surface area contributed by atoms with Crippen molar-refractivity contribution in [3.05, 3.63) is 35.4 Å². The second-order valence-electron chi connectivity index (χ2n) is 5.37. The Balaban J connectivity index is 0.00000200. The van der Waals surface area contributed by atoms with Crippen LogP contribution in [0.5, 0.6) is 0 Å². The van der Waals surface area contributed by atoms with Gasteiger partial charge in [-0.05, 0) is 50.0 Å². The van der Waals surface area contributed by atoms with E-state index in [0.717, 1.165) is 43.6 Å². The Morgan fingerprint density at radius 3 is 2.40 bits per heavy atom. The van der Waals surface area contributed by atoms with Gasteiger partial charge in [-0.25, -0.2) is 0 Å². The minimum absolute atomic E-state index is 0. The fourth-order valence-electron chi connectivity index (χ4n) is 2.58. The van der Waals surface area contributed by atoms with Crippen molar-refractivity contribution >= 4 is 12.4 Å². The smallest absolute Gasteiger partial charge is 0.327 e. The molecule has 20 heavy (non-hydrogen) atoms. The van der Waals surface area contributed by atoms with Crippen LogP contribution >= 0.6 is 12.4 Å². The minimum atomic E-state index is -4.26. The van der Waals surface area contributed by atoms with E-state index in [1.165, 1.54) is 0 Å². The first kappa shape index (κ1) is 17.3. The van der Waals surface area contributed by atoms with Crippen molar-refractivity contribution in [2.24, 2.45) is 11.7 Å². The molecule has 1 aromatic carbocycles. The van der Waals surface area contributed by atoms with Gasteiger partial charge in [-0.1, -0.05) is 12.1 Å². The van der Waals surface area contributed by atoms with E-state index in [1.54, 1.807) is 12.1 Å². The molecule has 2 unspecified atom stereocenters. The summed E-state index contributed by atoms with van der Waals surface area (Å²) in [7, 11) is 2.05. The monoisotopic (exact) mass is 308 g/mol. The number of rotatable bonds is 2. The van der Waals surface area contributed by atoms with Gasteiger partial charge in [-0.3, -0.25) is 0 Å². The Bertz CT molecular complexity index is 419. The average Bonchev–Trinajstić information content (AvgIpc) is 2.33. The number of hydrogen-bond acceptors (Lipinski definition) is 2. The molecule has 2 rings (SSSR count). The third-order valence-corrected chi connectivity index (χ3v) is 3.77. The molecule has 2 N–H and O–H groups in total. The summed E-state index contributed by atoms with van der Waals surface area (Å²) in [6.07, 6.45) is -2.58. The van der Waals surface area contributed by atoms with Crippen molar-refractivity contribution in [1.29, 1.82) is 0 Å². The minimum Gasteiger partial charge on any atom is -0.327 e. The van der Waals surface area contributed by atoms with E-state index in [9.17, 15) is 13.2 Å². The van der Waals surface area contributed by atoms with Crippen molar-refractivity contribution in [1.82, 2.24) is 4.90 Å². The summed E-state index contributed by atoms with van der Waals surface area (Å²) < 4.78 is 37.4. The Kier molecular flexibility index (Phi) is 5.86. The van der Waals surface area contributed by atoms with Gasteiger partial charge in [0, 0.05) is 12.6 Å². The molecule has 0 aromatic heterocycles. The van der Waals surface area contributed by atoms with Crippen LogP contribution in [-0.2, 0) is 12.6 Å². The maximum absolute atomic E-state index is 12.5. The molecular formula is C14H20ClF3N2. The molecule has 2 nitrogen and oxygen atoms in total. The van der Waals surface area contributed by atoms with Crippen molar-refractivity contribution < 1.29 is 13.2 Å². The molecule has 0 bridgehead atoms. The number of hydrogen-bond donors (Lipinski definition) is 1. The lowest BCUT2D eigenvalue weighted by molar-refractivity contribution is -0.137. The second kappa shape index (κ2) is 6.78. The van der Waals surface area contributed by atoms with Crippen LogP contribution in [0.25, 0.3) is 0 Å². The van der Waals surface area contributed by atoms with Gasteiger partial charge in [0.1, 0.15) is 0 Å². The number of nitrogens with zero attached hydrogens (tertiary/aromatic N) is 1. The number of nitrogens with two attached hydrogens (primary N) is 1. The Morgan fingerprint density at radius 1 is 1.25 bits per heavy atom. The first-order chi connectivity index (χ1) is 8.86. The standard InChI is InChI=1S/C14H19F3N2.ClH/c1-19-7-6-13(18)11(9-19)8-10-2-4-12(5-3-10)14(15,16)17;/h2-5,11,13H,6-9,18H2,1H3;1H. The first-order valence-electron chi connectivity index (χ1n) is 6.46. The molecule has 1 saturated heterocycles. The van der Waals surface area contributed by atoms with Gasteiger partial charge in [0.2, 0.25) is 0 Å². The van der Waals surface area contributed by atoms with E-state index in [4.69, 9.17) is 5.73 Å². The van der Waals surface area contributed by atoms with E-state index in [-0.39, 0.29) is 18.4 Å². The van der Waals surface area contributed by atoms with Gasteiger partial charge >= 0.3 is 6.18 Å². The fraction of sp³-hybridized carbons (Fsp3) is 0.571. The zero-order chi connectivity index (χ0) is 14.0. The average molecular weight is 309 g/mol. The highest BCUT2D eigenvalue weighted by Gasteiger charge is 2.30. The molecule has 1 aliphatic heterocycles. The zero-order valence-corrected chi connectivity index (χ0v) is 12.2. The molecule has 0 radical (unpaired) electrons. The molecule has 1 aromatic rings. The van der Waals surface area contributed by atoms with Gasteiger partial charge in [-0.2, -0.15) is 13.2 Å². The molecule has 1 fully saturated rings. The van der Waals surface area contributed by atoms with Crippen LogP contribution in [0.4, 0.5) is 13.2 Å². The third kappa shape index (κ3) is 4.36. The lowest BCUT2D eigenvalue weighted by Crippen LogP contribution is -2.46. The van der Waals surface area contributed by atoms with E-state index in [0.29, 0.717) is 5.92 Å². The first-order valence-corrected chi connectivity index (χ1v) is 6.46. The molecule has 0 aliphatic carbocycles. The highest BCUT2D eigenvalue weighted by molar-refractivity contribution is 5.85. The Morgan fingerprint density at radius 2 is 1.85 bits per heavy atom. The fourth-order valence-corrected chi connectivity index (χ4v) is 2.58. The summed E-state index contributed by atoms with van der Waals surface area (Å²) in [5.74, 6) is 0.315. The van der Waals surface area contributed by atoms with Crippen LogP contribution in [0.1, 0.15) is 17.5 Å². The summed E-state index contributed by atoms with van der Waals surface area (Å²) in [4.78, 5) is 2.22. The molecule has 2 atom stereocenters. The van der Waals surface area contributed by atoms with Crippen LogP contribution in [0, 0.1) is 5.92 Å². The van der Waals surface area contributed by atoms with Crippen molar-refractivity contribution in [2.75, 3.05) is 20.1 Å². The van der Waals surface area contributed by atoms with Gasteiger partial charge < -0.3 is 10.6 Å². The summed E-state index contributed by atoms with van der Waals surface area (Å²) in [5.41, 5.74) is 6.41. The SMILES string of the molecule is CN1CCC(N)C(Cc2ccc(C(F)(F)F)cc2)C1.Cl. The molecule has 1 aliphatic rings. The second-order valence-corrected chi connectivity index (χ2v) is 5.37. The molecule has 1 heterocycles. The third-order valence-electron chi connectivity index (χ3n) is 3.77. The van der Waals surface area contributed by atoms with Crippen LogP contribution in [0.2, 0.25) is 0 Å². The van der Waals surface area contributed by atoms with Gasteiger partial charge in [0.15, 0.2) is 0 Å². The molecule has 0 spiro atoms. The number of likely N-dealkylation sites (tertiary alicyclic amines) is 1. The summed E-state index contributed by atoms with van der Waals surface area (Å²) in [6.45, 7) is 1.90. The lowest BCUT2D eigenvalue weighted by Gasteiger charge is -2.34. The van der Waals surface area contributed by atoms with Crippen molar-refractivity contribution in [3.63, 3.8) is 0 Å². The predicted octanol–water partition coefficient (Wildman–Crippen LogP) is 2.95. The topological polar surface area (TPSA) is 29.3 Å². The molecule has 6 heteroatoms. The van der Waals surface area contributed by atoms with Crippen LogP contribution in [-0.4, -0.2) is 31.1 Å². The lowest BCUT2D eigenvalue weighted by atomic mass is 9.87. The normalized spacial score (nSPS) is 24.2. The maximum atomic E-state index is 12.5. The van der Waals surface area contributed by atoms with Crippen molar-refractivity contribution in [2.45, 2.75) is 25.1 Å². The Labute approximate surface area is 123 Å². The molecule has 0 amide bonds. The highest BCUT2D eigenvalue weighted by atomic mass is 35.5. The zero-order valence-electron chi connectivity index (χ0n) is 11.4. The van der Waals surface area contributed by atoms with E-state index >= 15 is 0 Å². The highest BCUT2D eigenvalue weighted by Crippen LogP contribution is 2.29. The summed E-state index contributed by atoms with van der Waals surface area (Å²) in [5, 5.41) is 0. The van der Waals surface area contributed by atoms with Gasteiger partial charge in [-0.15, -0.1) is 12.4 Å². The molecule has 114 valence electrons. The molecular weight excluding hydrogens is 289 g/mol. The van der Waals surface area contributed by atoms with Gasteiger partial charge in [0.05, 0.1) is 5.56 Å². The van der Waals surface area contributed by atoms with Crippen LogP contribution in [0.15, 0.2) is 24.3 Å². The number of halogens is 4. The van der Waals surface area contributed by atoms with Crippen LogP contribution < -0.4 is 5.73 Å². The van der Waals surface area contributed by atoms with E-state index < -0.39 is 11.7 Å². The predicted molar refractivity (Wildman–Crippen MR) is 76.0 cm³/mol. The number of alkyl halides is 3. The number of benzene rings is 1. The summed E-state index contributed by atoms with van der Waals surface area (Å²) in [6, 6.07) is 5.55.